The third-order valence-electron chi connectivity index (χ3n) is 0.969. The molecule has 0 aromatic carbocycles. The minimum Gasteiger partial charge on any atom is -0.767 e. The molecule has 1 aromatic heterocycles. The van der Waals surface area contributed by atoms with Crippen LogP contribution < -0.4 is 0 Å². The number of aromatic nitrogens is 3. The number of nitrogens with zero attached hydrogens (tertiary/aromatic N) is 3. The van der Waals surface area contributed by atoms with Gasteiger partial charge in [-0.05, 0) is 6.92 Å². The highest BCUT2D eigenvalue weighted by Crippen LogP contribution is 1.94. The molecule has 0 aliphatic carbocycles. The average Bonchev–Trinajstić information content (AvgIpc) is 2.34. The summed E-state index contributed by atoms with van der Waals surface area (Å²) in [6.07, 6.45) is 1.21. The molecule has 0 fully saturated rings. The normalized spacial score (nSPS) is 13.4. The van der Waals surface area contributed by atoms with Crippen LogP contribution in [0.15, 0.2) is 11.2 Å². The second-order valence-corrected chi connectivity index (χ2v) is 2.49. The van der Waals surface area contributed by atoms with E-state index in [1.807, 2.05) is 6.92 Å². The van der Waals surface area contributed by atoms with E-state index in [9.17, 15) is 8.76 Å². The lowest BCUT2D eigenvalue weighted by Gasteiger charge is -1.96. The van der Waals surface area contributed by atoms with E-state index >= 15 is 0 Å². The largest absolute Gasteiger partial charge is 0.767 e. The average molecular weight is 160 g/mol. The molecule has 0 N–H and O–H groups in total. The lowest BCUT2D eigenvalue weighted by Crippen LogP contribution is -1.99. The molecule has 6 heteroatoms. The van der Waals surface area contributed by atoms with Crippen molar-refractivity contribution in [1.29, 1.82) is 0 Å². The van der Waals surface area contributed by atoms with Crippen LogP contribution in [-0.2, 0) is 17.6 Å². The first-order valence-electron chi connectivity index (χ1n) is 2.73. The number of hydrogen-bond acceptors (Lipinski definition) is 4. The molecular weight excluding hydrogens is 154 g/mol. The van der Waals surface area contributed by atoms with Crippen LogP contribution in [0.3, 0.4) is 0 Å². The van der Waals surface area contributed by atoms with Gasteiger partial charge in [-0.3, -0.25) is 4.21 Å². The van der Waals surface area contributed by atoms with Crippen LogP contribution >= 0.6 is 0 Å². The molecule has 1 aromatic rings. The first-order valence-corrected chi connectivity index (χ1v) is 3.81. The summed E-state index contributed by atoms with van der Waals surface area (Å²) >= 11 is -2.25. The van der Waals surface area contributed by atoms with Crippen molar-refractivity contribution in [3.8, 4) is 0 Å². The maximum atomic E-state index is 10.2. The van der Waals surface area contributed by atoms with E-state index < -0.39 is 11.1 Å². The Bertz CT molecular complexity index is 246. The minimum atomic E-state index is -2.25. The molecule has 0 saturated heterocycles. The Morgan fingerprint density at radius 2 is 2.60 bits per heavy atom. The molecule has 0 spiro atoms. The van der Waals surface area contributed by atoms with Crippen LogP contribution in [0.25, 0.3) is 0 Å². The molecule has 0 amide bonds. The predicted molar refractivity (Wildman–Crippen MR) is 32.9 cm³/mol. The zero-order valence-corrected chi connectivity index (χ0v) is 6.17. The SMILES string of the molecule is CCn1ncc(S(=O)[O-])n1. The second kappa shape index (κ2) is 2.89. The summed E-state index contributed by atoms with van der Waals surface area (Å²) in [4.78, 5) is 1.31. The zero-order valence-electron chi connectivity index (χ0n) is 5.35. The standard InChI is InChI=1S/C4H7N3O2S/c1-2-7-5-3-4(6-7)10(8)9/h3H,2H2,1H3,(H,8,9)/p-1. The smallest absolute Gasteiger partial charge is 0.155 e. The molecule has 1 unspecified atom stereocenters. The fraction of sp³-hybridized carbons (Fsp3) is 0.500. The molecule has 10 heavy (non-hydrogen) atoms. The zero-order chi connectivity index (χ0) is 7.56. The molecule has 1 atom stereocenters. The Kier molecular flexibility index (Phi) is 2.13. The van der Waals surface area contributed by atoms with Crippen molar-refractivity contribution in [2.45, 2.75) is 18.5 Å². The van der Waals surface area contributed by atoms with Crippen LogP contribution in [-0.4, -0.2) is 23.8 Å². The predicted octanol–water partition coefficient (Wildman–Crippen LogP) is -0.464. The van der Waals surface area contributed by atoms with Gasteiger partial charge >= 0.3 is 0 Å². The van der Waals surface area contributed by atoms with Crippen LogP contribution in [0.5, 0.6) is 0 Å². The number of hydrogen-bond donors (Lipinski definition) is 0. The maximum absolute atomic E-state index is 10.2. The molecule has 5 nitrogen and oxygen atoms in total. The van der Waals surface area contributed by atoms with Crippen molar-refractivity contribution in [2.75, 3.05) is 0 Å². The van der Waals surface area contributed by atoms with Crippen LogP contribution in [0.2, 0.25) is 0 Å². The molecule has 0 bridgehead atoms. The summed E-state index contributed by atoms with van der Waals surface area (Å²) in [6, 6.07) is 0. The summed E-state index contributed by atoms with van der Waals surface area (Å²) in [7, 11) is 0. The van der Waals surface area contributed by atoms with Crippen molar-refractivity contribution >= 4 is 11.1 Å². The van der Waals surface area contributed by atoms with Gasteiger partial charge in [0.1, 0.15) is 0 Å². The Hall–Kier alpha value is -0.750. The topological polar surface area (TPSA) is 70.8 Å². The van der Waals surface area contributed by atoms with Gasteiger partial charge in [0.05, 0.1) is 12.7 Å². The van der Waals surface area contributed by atoms with Crippen molar-refractivity contribution in [3.63, 3.8) is 0 Å². The van der Waals surface area contributed by atoms with E-state index in [1.54, 1.807) is 0 Å². The summed E-state index contributed by atoms with van der Waals surface area (Å²) in [5.41, 5.74) is 0. The third kappa shape index (κ3) is 1.39. The molecule has 0 saturated carbocycles. The van der Waals surface area contributed by atoms with Gasteiger partial charge in [0.15, 0.2) is 5.03 Å². The van der Waals surface area contributed by atoms with Crippen LogP contribution in [0.4, 0.5) is 0 Å². The van der Waals surface area contributed by atoms with Gasteiger partial charge in [-0.2, -0.15) is 9.90 Å². The van der Waals surface area contributed by atoms with Crippen molar-refractivity contribution in [3.05, 3.63) is 6.20 Å². The quantitative estimate of drug-likeness (QED) is 0.548. The van der Waals surface area contributed by atoms with E-state index in [2.05, 4.69) is 10.2 Å². The molecule has 0 radical (unpaired) electrons. The Labute approximate surface area is 60.3 Å². The van der Waals surface area contributed by atoms with Gasteiger partial charge < -0.3 is 4.55 Å². The Balaban J connectivity index is 2.88. The van der Waals surface area contributed by atoms with Crippen molar-refractivity contribution in [2.24, 2.45) is 0 Å². The number of aryl methyl sites for hydroxylation is 1. The summed E-state index contributed by atoms with van der Waals surface area (Å²) < 4.78 is 20.4. The monoisotopic (exact) mass is 160 g/mol. The van der Waals surface area contributed by atoms with E-state index in [-0.39, 0.29) is 5.03 Å². The Morgan fingerprint density at radius 1 is 1.90 bits per heavy atom. The van der Waals surface area contributed by atoms with Gasteiger partial charge in [0, 0.05) is 11.1 Å². The van der Waals surface area contributed by atoms with E-state index in [4.69, 9.17) is 0 Å². The molecule has 1 rings (SSSR count). The first-order chi connectivity index (χ1) is 4.74. The first kappa shape index (κ1) is 7.36. The highest BCUT2D eigenvalue weighted by atomic mass is 32.2. The van der Waals surface area contributed by atoms with Gasteiger partial charge in [0.2, 0.25) is 0 Å². The van der Waals surface area contributed by atoms with Crippen molar-refractivity contribution < 1.29 is 8.76 Å². The van der Waals surface area contributed by atoms with Crippen molar-refractivity contribution in [1.82, 2.24) is 15.0 Å². The Morgan fingerprint density at radius 3 is 2.90 bits per heavy atom. The lowest BCUT2D eigenvalue weighted by atomic mass is 10.8. The fourth-order valence-corrected chi connectivity index (χ4v) is 0.804. The maximum Gasteiger partial charge on any atom is 0.155 e. The van der Waals surface area contributed by atoms with Gasteiger partial charge in [-0.1, -0.05) is 0 Å². The number of rotatable bonds is 2. The van der Waals surface area contributed by atoms with Gasteiger partial charge in [-0.15, -0.1) is 5.10 Å². The molecule has 0 aliphatic heterocycles. The van der Waals surface area contributed by atoms with E-state index in [0.29, 0.717) is 6.54 Å². The third-order valence-corrected chi connectivity index (χ3v) is 1.50. The fourth-order valence-electron chi connectivity index (χ4n) is 0.510. The highest BCUT2D eigenvalue weighted by molar-refractivity contribution is 7.79. The molecular formula is C4H6N3O2S-. The molecule has 1 heterocycles. The summed E-state index contributed by atoms with van der Waals surface area (Å²) in [6.45, 7) is 2.41. The summed E-state index contributed by atoms with van der Waals surface area (Å²) in [5.74, 6) is 0. The van der Waals surface area contributed by atoms with E-state index in [1.165, 1.54) is 11.0 Å². The lowest BCUT2D eigenvalue weighted by molar-refractivity contribution is 0.521. The van der Waals surface area contributed by atoms with Crippen LogP contribution in [0, 0.1) is 0 Å². The highest BCUT2D eigenvalue weighted by Gasteiger charge is 1.96. The van der Waals surface area contributed by atoms with E-state index in [0.717, 1.165) is 0 Å². The molecule has 56 valence electrons. The molecule has 0 aliphatic rings. The second-order valence-electron chi connectivity index (χ2n) is 1.61. The summed E-state index contributed by atoms with van der Waals surface area (Å²) in [5, 5.41) is 7.28. The van der Waals surface area contributed by atoms with Crippen LogP contribution in [0.1, 0.15) is 6.92 Å². The van der Waals surface area contributed by atoms with Gasteiger partial charge in [0.25, 0.3) is 0 Å². The van der Waals surface area contributed by atoms with Gasteiger partial charge in [-0.25, -0.2) is 0 Å². The minimum absolute atomic E-state index is 0.0122.